The summed E-state index contributed by atoms with van der Waals surface area (Å²) in [4.78, 5) is 16.0. The number of nitrogens with one attached hydrogen (secondary N) is 2. The van der Waals surface area contributed by atoms with Crippen molar-refractivity contribution in [1.29, 1.82) is 5.26 Å². The van der Waals surface area contributed by atoms with Crippen molar-refractivity contribution in [3.63, 3.8) is 0 Å². The first-order valence-corrected chi connectivity index (χ1v) is 7.32. The second-order valence-electron chi connectivity index (χ2n) is 5.25. The van der Waals surface area contributed by atoms with Crippen LogP contribution >= 0.6 is 0 Å². The van der Waals surface area contributed by atoms with Crippen LogP contribution in [0.3, 0.4) is 0 Å². The fourth-order valence-electron chi connectivity index (χ4n) is 2.89. The van der Waals surface area contributed by atoms with Crippen LogP contribution in [-0.2, 0) is 6.42 Å². The number of imidazole rings is 1. The Hall–Kier alpha value is -2.81. The Morgan fingerprint density at radius 2 is 2.41 bits per heavy atom. The molecule has 0 spiro atoms. The maximum Gasteiger partial charge on any atom is 0.319 e. The van der Waals surface area contributed by atoms with Crippen LogP contribution in [0.1, 0.15) is 36.2 Å². The molecule has 0 bridgehead atoms. The molecule has 2 heterocycles. The second-order valence-corrected chi connectivity index (χ2v) is 5.25. The highest BCUT2D eigenvalue weighted by atomic mass is 16.2. The molecule has 1 aromatic carbocycles. The summed E-state index contributed by atoms with van der Waals surface area (Å²) in [6, 6.07) is 7.42. The van der Waals surface area contributed by atoms with E-state index in [2.05, 4.69) is 26.3 Å². The van der Waals surface area contributed by atoms with E-state index >= 15 is 0 Å². The van der Waals surface area contributed by atoms with Crippen LogP contribution in [0.15, 0.2) is 30.7 Å². The minimum atomic E-state index is -0.261. The molecule has 6 heteroatoms. The number of nitrogens with zero attached hydrogens (tertiary/aromatic N) is 3. The van der Waals surface area contributed by atoms with Gasteiger partial charge in [0.15, 0.2) is 0 Å². The molecule has 2 N–H and O–H groups in total. The van der Waals surface area contributed by atoms with Crippen LogP contribution < -0.4 is 10.6 Å². The van der Waals surface area contributed by atoms with E-state index < -0.39 is 0 Å². The molecule has 1 aliphatic rings. The van der Waals surface area contributed by atoms with Crippen LogP contribution in [0.2, 0.25) is 0 Å². The Kier molecular flexibility index (Phi) is 3.79. The molecule has 1 aromatic heterocycles. The molecular formula is C16H17N5O. The number of nitriles is 1. The van der Waals surface area contributed by atoms with Crippen LogP contribution in [0, 0.1) is 11.3 Å². The summed E-state index contributed by atoms with van der Waals surface area (Å²) in [5.74, 6) is 0. The SMILES string of the molecule is CCNC(=O)Nc1cc(C#N)ccc1C1CCc2cncn21. The zero-order valence-electron chi connectivity index (χ0n) is 12.3. The molecular weight excluding hydrogens is 278 g/mol. The molecule has 1 aliphatic heterocycles. The third kappa shape index (κ3) is 2.53. The third-order valence-electron chi connectivity index (χ3n) is 3.88. The number of amides is 2. The fraction of sp³-hybridized carbons (Fsp3) is 0.312. The molecule has 1 unspecified atom stereocenters. The number of fused-ring (bicyclic) bond motifs is 1. The van der Waals surface area contributed by atoms with Gasteiger partial charge in [-0.15, -0.1) is 0 Å². The van der Waals surface area contributed by atoms with Gasteiger partial charge in [-0.25, -0.2) is 9.78 Å². The smallest absolute Gasteiger partial charge is 0.319 e. The lowest BCUT2D eigenvalue weighted by atomic mass is 10.0. The average molecular weight is 295 g/mol. The van der Waals surface area contributed by atoms with Gasteiger partial charge in [0.1, 0.15) is 0 Å². The zero-order valence-corrected chi connectivity index (χ0v) is 12.3. The van der Waals surface area contributed by atoms with Gasteiger partial charge in [0.05, 0.1) is 24.0 Å². The predicted molar refractivity (Wildman–Crippen MR) is 82.5 cm³/mol. The van der Waals surface area contributed by atoms with E-state index in [1.54, 1.807) is 12.1 Å². The summed E-state index contributed by atoms with van der Waals surface area (Å²) in [6.45, 7) is 2.41. The number of anilines is 1. The Morgan fingerprint density at radius 1 is 1.55 bits per heavy atom. The topological polar surface area (TPSA) is 82.7 Å². The fourth-order valence-corrected chi connectivity index (χ4v) is 2.89. The van der Waals surface area contributed by atoms with E-state index in [0.29, 0.717) is 17.8 Å². The summed E-state index contributed by atoms with van der Waals surface area (Å²) in [5.41, 5.74) is 3.40. The zero-order chi connectivity index (χ0) is 15.5. The van der Waals surface area contributed by atoms with Crippen molar-refractivity contribution in [1.82, 2.24) is 14.9 Å². The summed E-state index contributed by atoms with van der Waals surface area (Å²) < 4.78 is 2.13. The maximum atomic E-state index is 11.9. The Bertz CT molecular complexity index is 743. The normalized spacial score (nSPS) is 15.9. The minimum absolute atomic E-state index is 0.141. The number of carbonyl (C=O) groups excluding carboxylic acids is 1. The molecule has 6 nitrogen and oxygen atoms in total. The molecule has 0 saturated heterocycles. The van der Waals surface area contributed by atoms with Crippen LogP contribution in [0.25, 0.3) is 0 Å². The first-order chi connectivity index (χ1) is 10.7. The highest BCUT2D eigenvalue weighted by Gasteiger charge is 2.25. The Morgan fingerprint density at radius 3 is 3.18 bits per heavy atom. The van der Waals surface area contributed by atoms with Crippen LogP contribution in [0.4, 0.5) is 10.5 Å². The lowest BCUT2D eigenvalue weighted by Crippen LogP contribution is -2.29. The molecule has 3 rings (SSSR count). The number of aromatic nitrogens is 2. The lowest BCUT2D eigenvalue weighted by Gasteiger charge is -2.18. The largest absolute Gasteiger partial charge is 0.338 e. The van der Waals surface area contributed by atoms with Crippen molar-refractivity contribution in [3.05, 3.63) is 47.5 Å². The number of benzene rings is 1. The molecule has 0 fully saturated rings. The molecule has 0 saturated carbocycles. The van der Waals surface area contributed by atoms with Crippen molar-refractivity contribution >= 4 is 11.7 Å². The van der Waals surface area contributed by atoms with E-state index in [1.165, 1.54) is 5.69 Å². The number of hydrogen-bond acceptors (Lipinski definition) is 3. The highest BCUT2D eigenvalue weighted by molar-refractivity contribution is 5.90. The van der Waals surface area contributed by atoms with Gasteiger partial charge in [-0.3, -0.25) is 0 Å². The molecule has 1 atom stereocenters. The van der Waals surface area contributed by atoms with Crippen molar-refractivity contribution in [3.8, 4) is 6.07 Å². The first kappa shape index (κ1) is 14.1. The van der Waals surface area contributed by atoms with Gasteiger partial charge in [0.2, 0.25) is 0 Å². The van der Waals surface area contributed by atoms with Gasteiger partial charge in [-0.2, -0.15) is 5.26 Å². The molecule has 2 aromatic rings. The third-order valence-corrected chi connectivity index (χ3v) is 3.88. The number of carbonyl (C=O) groups is 1. The molecule has 22 heavy (non-hydrogen) atoms. The number of aryl methyl sites for hydroxylation is 1. The van der Waals surface area contributed by atoms with Crippen molar-refractivity contribution in [2.45, 2.75) is 25.8 Å². The van der Waals surface area contributed by atoms with E-state index in [9.17, 15) is 4.79 Å². The van der Waals surface area contributed by atoms with Crippen LogP contribution in [0.5, 0.6) is 0 Å². The van der Waals surface area contributed by atoms with E-state index in [4.69, 9.17) is 5.26 Å². The van der Waals surface area contributed by atoms with Gasteiger partial charge in [0.25, 0.3) is 0 Å². The number of urea groups is 1. The van der Waals surface area contributed by atoms with Crippen LogP contribution in [-0.4, -0.2) is 22.1 Å². The standard InChI is InChI=1S/C16H17N5O/c1-2-19-16(22)20-14-7-11(8-17)3-5-13(14)15-6-4-12-9-18-10-21(12)15/h3,5,7,9-10,15H,2,4,6H2,1H3,(H2,19,20,22). The van der Waals surface area contributed by atoms with Crippen molar-refractivity contribution in [2.75, 3.05) is 11.9 Å². The monoisotopic (exact) mass is 295 g/mol. The van der Waals surface area contributed by atoms with Crippen molar-refractivity contribution < 1.29 is 4.79 Å². The summed E-state index contributed by atoms with van der Waals surface area (Å²) >= 11 is 0. The number of hydrogen-bond donors (Lipinski definition) is 2. The van der Waals surface area contributed by atoms with Crippen molar-refractivity contribution in [2.24, 2.45) is 0 Å². The van der Waals surface area contributed by atoms with Gasteiger partial charge in [0, 0.05) is 24.1 Å². The predicted octanol–water partition coefficient (Wildman–Crippen LogP) is 2.43. The van der Waals surface area contributed by atoms with Gasteiger partial charge in [-0.05, 0) is 37.5 Å². The summed E-state index contributed by atoms with van der Waals surface area (Å²) in [6.07, 6.45) is 5.63. The molecule has 0 radical (unpaired) electrons. The molecule has 112 valence electrons. The summed E-state index contributed by atoms with van der Waals surface area (Å²) in [5, 5.41) is 14.6. The van der Waals surface area contributed by atoms with Gasteiger partial charge < -0.3 is 15.2 Å². The van der Waals surface area contributed by atoms with E-state index in [-0.39, 0.29) is 12.1 Å². The summed E-state index contributed by atoms with van der Waals surface area (Å²) in [7, 11) is 0. The maximum absolute atomic E-state index is 11.9. The highest BCUT2D eigenvalue weighted by Crippen LogP contribution is 2.35. The van der Waals surface area contributed by atoms with Gasteiger partial charge in [-0.1, -0.05) is 6.07 Å². The first-order valence-electron chi connectivity index (χ1n) is 7.32. The second kappa shape index (κ2) is 5.90. The lowest BCUT2D eigenvalue weighted by molar-refractivity contribution is 0.252. The quantitative estimate of drug-likeness (QED) is 0.912. The molecule has 0 aliphatic carbocycles. The molecule has 2 amide bonds. The van der Waals surface area contributed by atoms with Gasteiger partial charge >= 0.3 is 6.03 Å². The Labute approximate surface area is 128 Å². The average Bonchev–Trinajstić information content (AvgIpc) is 3.11. The minimum Gasteiger partial charge on any atom is -0.338 e. The van der Waals surface area contributed by atoms with E-state index in [0.717, 1.165) is 18.4 Å². The Balaban J connectivity index is 1.97. The van der Waals surface area contributed by atoms with E-state index in [1.807, 2.05) is 25.5 Å². The number of rotatable bonds is 3.